The lowest BCUT2D eigenvalue weighted by molar-refractivity contribution is -0.361. The molecule has 1 aromatic rings. The summed E-state index contributed by atoms with van der Waals surface area (Å²) in [6.45, 7) is 1.04. The number of rotatable bonds is 5. The van der Waals surface area contributed by atoms with Crippen LogP contribution in [0.2, 0.25) is 0 Å². The molecular weight excluding hydrogens is 432 g/mol. The fourth-order valence-corrected chi connectivity index (χ4v) is 2.39. The SMILES string of the molecule is COC(C)(CC(F)(F)C(F)(F)C(F)(F)F)c1cccc(I)c1. The number of hydrogen-bond acceptors (Lipinski definition) is 1. The Morgan fingerprint density at radius 1 is 1.05 bits per heavy atom. The number of ether oxygens (including phenoxy) is 1. The van der Waals surface area contributed by atoms with Gasteiger partial charge in [0.05, 0.1) is 12.0 Å². The van der Waals surface area contributed by atoms with E-state index in [9.17, 15) is 30.7 Å². The van der Waals surface area contributed by atoms with Crippen molar-refractivity contribution < 1.29 is 35.5 Å². The van der Waals surface area contributed by atoms with Crippen LogP contribution in [0.4, 0.5) is 30.7 Å². The van der Waals surface area contributed by atoms with Crippen molar-refractivity contribution in [1.82, 2.24) is 0 Å². The molecule has 0 amide bonds. The fourth-order valence-electron chi connectivity index (χ4n) is 1.85. The molecule has 1 aromatic carbocycles. The molecule has 0 saturated carbocycles. The van der Waals surface area contributed by atoms with E-state index in [1.807, 2.05) is 22.6 Å². The summed E-state index contributed by atoms with van der Waals surface area (Å²) in [5, 5.41) is 0. The Labute approximate surface area is 136 Å². The van der Waals surface area contributed by atoms with Gasteiger partial charge in [0.15, 0.2) is 0 Å². The van der Waals surface area contributed by atoms with Crippen molar-refractivity contribution >= 4 is 22.6 Å². The van der Waals surface area contributed by atoms with Crippen LogP contribution in [0.5, 0.6) is 0 Å². The Morgan fingerprint density at radius 2 is 1.59 bits per heavy atom. The van der Waals surface area contributed by atoms with Gasteiger partial charge in [0, 0.05) is 10.7 Å². The number of hydrogen-bond donors (Lipinski definition) is 0. The molecule has 1 atom stereocenters. The third-order valence-electron chi connectivity index (χ3n) is 3.26. The van der Waals surface area contributed by atoms with E-state index < -0.39 is 30.0 Å². The highest BCUT2D eigenvalue weighted by Crippen LogP contribution is 2.51. The topological polar surface area (TPSA) is 9.23 Å². The van der Waals surface area contributed by atoms with Crippen LogP contribution >= 0.6 is 22.6 Å². The van der Waals surface area contributed by atoms with Gasteiger partial charge in [0.25, 0.3) is 0 Å². The van der Waals surface area contributed by atoms with Crippen molar-refractivity contribution in [3.05, 3.63) is 33.4 Å². The number of methoxy groups -OCH3 is 1. The van der Waals surface area contributed by atoms with Crippen LogP contribution < -0.4 is 0 Å². The molecule has 0 heterocycles. The van der Waals surface area contributed by atoms with Crippen LogP contribution in [0.25, 0.3) is 0 Å². The summed E-state index contributed by atoms with van der Waals surface area (Å²) in [7, 11) is 0.974. The van der Waals surface area contributed by atoms with Crippen LogP contribution in [-0.2, 0) is 10.3 Å². The predicted octanol–water partition coefficient (Wildman–Crippen LogP) is 5.38. The number of benzene rings is 1. The van der Waals surface area contributed by atoms with Crippen LogP contribution in [0.1, 0.15) is 18.9 Å². The Bertz CT molecular complexity index is 529. The molecule has 1 unspecified atom stereocenters. The van der Waals surface area contributed by atoms with Crippen molar-refractivity contribution in [2.24, 2.45) is 0 Å². The molecule has 0 aliphatic carbocycles. The highest BCUT2D eigenvalue weighted by Gasteiger charge is 2.73. The summed E-state index contributed by atoms with van der Waals surface area (Å²) in [4.78, 5) is 0. The molecule has 0 fully saturated rings. The van der Waals surface area contributed by atoms with E-state index in [0.29, 0.717) is 3.57 Å². The Morgan fingerprint density at radius 3 is 2.00 bits per heavy atom. The van der Waals surface area contributed by atoms with E-state index >= 15 is 0 Å². The summed E-state index contributed by atoms with van der Waals surface area (Å²) in [6, 6.07) is 5.79. The van der Waals surface area contributed by atoms with Gasteiger partial charge in [0.1, 0.15) is 0 Å². The molecule has 0 aliphatic rings. The normalized spacial score (nSPS) is 16.5. The predicted molar refractivity (Wildman–Crippen MR) is 74.1 cm³/mol. The molecule has 1 nitrogen and oxygen atoms in total. The largest absolute Gasteiger partial charge is 0.459 e. The molecule has 0 N–H and O–H groups in total. The molecule has 22 heavy (non-hydrogen) atoms. The minimum absolute atomic E-state index is 0.0829. The molecule has 0 aliphatic heterocycles. The molecule has 0 aromatic heterocycles. The van der Waals surface area contributed by atoms with Crippen molar-refractivity contribution in [2.75, 3.05) is 7.11 Å². The zero-order chi connectivity index (χ0) is 17.4. The van der Waals surface area contributed by atoms with Gasteiger partial charge >= 0.3 is 18.0 Å². The van der Waals surface area contributed by atoms with Crippen molar-refractivity contribution in [3.8, 4) is 0 Å². The fraction of sp³-hybridized carbons (Fsp3) is 0.538. The molecule has 1 rings (SSSR count). The summed E-state index contributed by atoms with van der Waals surface area (Å²) in [5.74, 6) is -11.5. The smallest absolute Gasteiger partial charge is 0.374 e. The molecule has 0 bridgehead atoms. The second kappa shape index (κ2) is 6.14. The van der Waals surface area contributed by atoms with Crippen LogP contribution in [0, 0.1) is 3.57 Å². The minimum Gasteiger partial charge on any atom is -0.374 e. The molecular formula is C13H12F7IO. The maximum absolute atomic E-state index is 13.6. The monoisotopic (exact) mass is 444 g/mol. The van der Waals surface area contributed by atoms with Gasteiger partial charge in [-0.1, -0.05) is 12.1 Å². The lowest BCUT2D eigenvalue weighted by atomic mass is 9.87. The highest BCUT2D eigenvalue weighted by molar-refractivity contribution is 14.1. The lowest BCUT2D eigenvalue weighted by Gasteiger charge is -2.36. The molecule has 0 saturated heterocycles. The average molecular weight is 444 g/mol. The zero-order valence-corrected chi connectivity index (χ0v) is 13.6. The summed E-state index contributed by atoms with van der Waals surface area (Å²) in [5.41, 5.74) is -1.92. The van der Waals surface area contributed by atoms with Crippen LogP contribution in [-0.4, -0.2) is 25.1 Å². The van der Waals surface area contributed by atoms with Crippen LogP contribution in [0.15, 0.2) is 24.3 Å². The van der Waals surface area contributed by atoms with E-state index in [2.05, 4.69) is 0 Å². The number of halogens is 8. The molecule has 0 radical (unpaired) electrons. The Hall–Kier alpha value is -0.580. The second-order valence-electron chi connectivity index (χ2n) is 4.90. The first-order valence-electron chi connectivity index (χ1n) is 5.90. The standard InChI is InChI=1S/C13H12F7IO/c1-10(22-2,8-4-3-5-9(21)6-8)7-11(14,15)12(16,17)13(18,19)20/h3-6H,7H2,1-2H3. The van der Waals surface area contributed by atoms with Gasteiger partial charge in [-0.05, 0) is 47.2 Å². The summed E-state index contributed by atoms with van der Waals surface area (Å²) in [6.07, 6.45) is -8.17. The average Bonchev–Trinajstić information content (AvgIpc) is 2.36. The van der Waals surface area contributed by atoms with Gasteiger partial charge in [-0.15, -0.1) is 0 Å². The van der Waals surface area contributed by atoms with Gasteiger partial charge in [0.2, 0.25) is 0 Å². The summed E-state index contributed by atoms with van der Waals surface area (Å²) >= 11 is 1.86. The summed E-state index contributed by atoms with van der Waals surface area (Å²) < 4.78 is 95.4. The van der Waals surface area contributed by atoms with E-state index in [4.69, 9.17) is 4.74 Å². The van der Waals surface area contributed by atoms with Gasteiger partial charge in [-0.25, -0.2) is 0 Å². The Kier molecular flexibility index (Phi) is 5.43. The number of alkyl halides is 7. The third-order valence-corrected chi connectivity index (χ3v) is 3.93. The molecule has 0 spiro atoms. The second-order valence-corrected chi connectivity index (χ2v) is 6.14. The first-order valence-corrected chi connectivity index (χ1v) is 6.98. The van der Waals surface area contributed by atoms with Crippen molar-refractivity contribution in [2.45, 2.75) is 37.0 Å². The third kappa shape index (κ3) is 3.66. The van der Waals surface area contributed by atoms with Gasteiger partial charge in [-0.3, -0.25) is 0 Å². The lowest BCUT2D eigenvalue weighted by Crippen LogP contribution is -2.54. The van der Waals surface area contributed by atoms with E-state index in [0.717, 1.165) is 14.0 Å². The first-order chi connectivity index (χ1) is 9.77. The van der Waals surface area contributed by atoms with Crippen LogP contribution in [0.3, 0.4) is 0 Å². The Balaban J connectivity index is 3.22. The maximum Gasteiger partial charge on any atom is 0.459 e. The van der Waals surface area contributed by atoms with E-state index in [-0.39, 0.29) is 5.56 Å². The van der Waals surface area contributed by atoms with E-state index in [1.165, 1.54) is 18.2 Å². The first kappa shape index (κ1) is 19.5. The minimum atomic E-state index is -6.35. The van der Waals surface area contributed by atoms with E-state index in [1.54, 1.807) is 6.07 Å². The van der Waals surface area contributed by atoms with Crippen molar-refractivity contribution in [1.29, 1.82) is 0 Å². The molecule has 9 heteroatoms. The highest BCUT2D eigenvalue weighted by atomic mass is 127. The maximum atomic E-state index is 13.6. The molecule has 126 valence electrons. The van der Waals surface area contributed by atoms with Crippen molar-refractivity contribution in [3.63, 3.8) is 0 Å². The zero-order valence-electron chi connectivity index (χ0n) is 11.4. The quantitative estimate of drug-likeness (QED) is 0.438. The van der Waals surface area contributed by atoms with Gasteiger partial charge < -0.3 is 4.74 Å². The van der Waals surface area contributed by atoms with Gasteiger partial charge in [-0.2, -0.15) is 30.7 Å².